The first-order valence-corrected chi connectivity index (χ1v) is 8.46. The van der Waals surface area contributed by atoms with Crippen molar-refractivity contribution in [3.63, 3.8) is 0 Å². The number of halogens is 1. The lowest BCUT2D eigenvalue weighted by Crippen LogP contribution is -2.25. The second-order valence-electron chi connectivity index (χ2n) is 5.45. The Balaban J connectivity index is 1.57. The van der Waals surface area contributed by atoms with Gasteiger partial charge in [0.1, 0.15) is 5.75 Å². The highest BCUT2D eigenvalue weighted by Gasteiger charge is 2.28. The van der Waals surface area contributed by atoms with Crippen molar-refractivity contribution in [2.24, 2.45) is 0 Å². The Morgan fingerprint density at radius 1 is 1.18 bits per heavy atom. The van der Waals surface area contributed by atoms with E-state index in [-0.39, 0.29) is 5.91 Å². The van der Waals surface area contributed by atoms with Gasteiger partial charge in [0.25, 0.3) is 5.91 Å². The fraction of sp³-hybridized carbons (Fsp3) is 0.278. The van der Waals surface area contributed by atoms with E-state index in [2.05, 4.69) is 40.8 Å². The number of amides is 1. The Morgan fingerprint density at radius 3 is 2.64 bits per heavy atom. The van der Waals surface area contributed by atoms with E-state index in [4.69, 9.17) is 4.74 Å². The summed E-state index contributed by atoms with van der Waals surface area (Å²) in [5, 5.41) is 0. The molecule has 3 rings (SSSR count). The van der Waals surface area contributed by atoms with E-state index < -0.39 is 0 Å². The van der Waals surface area contributed by atoms with Crippen LogP contribution in [0.5, 0.6) is 5.75 Å². The van der Waals surface area contributed by atoms with Gasteiger partial charge in [-0.3, -0.25) is 4.79 Å². The first kappa shape index (κ1) is 15.3. The van der Waals surface area contributed by atoms with Crippen molar-refractivity contribution in [3.8, 4) is 5.75 Å². The molecule has 0 unspecified atom stereocenters. The quantitative estimate of drug-likeness (QED) is 0.704. The van der Waals surface area contributed by atoms with Gasteiger partial charge in [-0.15, -0.1) is 0 Å². The molecule has 2 aromatic carbocycles. The number of carbonyl (C=O) groups is 1. The molecule has 1 amide bonds. The first-order valence-electron chi connectivity index (χ1n) is 7.38. The first-order chi connectivity index (χ1) is 10.7. The van der Waals surface area contributed by atoms with Crippen LogP contribution in [0.4, 0.5) is 0 Å². The van der Waals surface area contributed by atoms with Crippen molar-refractivity contribution in [1.82, 2.24) is 4.90 Å². The molecule has 0 fully saturated rings. The maximum atomic E-state index is 12.4. The SMILES string of the molecule is COc1ccc(CCCN2Cc3cccc(I)c3C2=O)cc1. The molecule has 114 valence electrons. The number of carbonyl (C=O) groups excluding carboxylic acids is 1. The van der Waals surface area contributed by atoms with E-state index in [0.717, 1.165) is 46.4 Å². The number of methoxy groups -OCH3 is 1. The molecule has 1 heterocycles. The highest BCUT2D eigenvalue weighted by molar-refractivity contribution is 14.1. The number of ether oxygens (including phenoxy) is 1. The van der Waals surface area contributed by atoms with Gasteiger partial charge in [0.05, 0.1) is 12.7 Å². The van der Waals surface area contributed by atoms with Crippen molar-refractivity contribution >= 4 is 28.5 Å². The van der Waals surface area contributed by atoms with Gasteiger partial charge in [0, 0.05) is 16.7 Å². The molecule has 2 aromatic rings. The summed E-state index contributed by atoms with van der Waals surface area (Å²) in [6.45, 7) is 1.54. The minimum atomic E-state index is 0.176. The molecular formula is C18H18INO2. The fourth-order valence-corrected chi connectivity index (χ4v) is 3.61. The lowest BCUT2D eigenvalue weighted by molar-refractivity contribution is 0.0776. The number of rotatable bonds is 5. The maximum Gasteiger partial charge on any atom is 0.255 e. The summed E-state index contributed by atoms with van der Waals surface area (Å²) in [5.74, 6) is 1.05. The Kier molecular flexibility index (Phi) is 4.66. The fourth-order valence-electron chi connectivity index (χ4n) is 2.82. The number of aryl methyl sites for hydroxylation is 1. The number of fused-ring (bicyclic) bond motifs is 1. The molecule has 0 aromatic heterocycles. The van der Waals surface area contributed by atoms with Crippen molar-refractivity contribution in [3.05, 3.63) is 62.7 Å². The zero-order chi connectivity index (χ0) is 15.5. The zero-order valence-corrected chi connectivity index (χ0v) is 14.7. The predicted molar refractivity (Wildman–Crippen MR) is 95.2 cm³/mol. The second-order valence-corrected chi connectivity index (χ2v) is 6.61. The summed E-state index contributed by atoms with van der Waals surface area (Å²) in [5.41, 5.74) is 3.33. The zero-order valence-electron chi connectivity index (χ0n) is 12.5. The molecule has 1 aliphatic heterocycles. The van der Waals surface area contributed by atoms with E-state index in [9.17, 15) is 4.79 Å². The summed E-state index contributed by atoms with van der Waals surface area (Å²) in [4.78, 5) is 14.4. The van der Waals surface area contributed by atoms with Crippen molar-refractivity contribution in [1.29, 1.82) is 0 Å². The standard InChI is InChI=1S/C18H18INO2/c1-22-15-9-7-13(8-10-15)4-3-11-20-12-14-5-2-6-16(19)17(14)18(20)21/h2,5-10H,3-4,11-12H2,1H3. The molecule has 0 spiro atoms. The summed E-state index contributed by atoms with van der Waals surface area (Å²) in [6, 6.07) is 14.2. The van der Waals surface area contributed by atoms with Crippen LogP contribution in [0.3, 0.4) is 0 Å². The lowest BCUT2D eigenvalue weighted by atomic mass is 10.1. The van der Waals surface area contributed by atoms with Crippen LogP contribution in [0, 0.1) is 3.57 Å². The van der Waals surface area contributed by atoms with Crippen LogP contribution in [0.25, 0.3) is 0 Å². The van der Waals surface area contributed by atoms with Crippen LogP contribution in [0.2, 0.25) is 0 Å². The molecule has 3 nitrogen and oxygen atoms in total. The Labute approximate surface area is 144 Å². The third kappa shape index (κ3) is 3.11. The topological polar surface area (TPSA) is 29.5 Å². The Hall–Kier alpha value is -1.56. The molecular weight excluding hydrogens is 389 g/mol. The van der Waals surface area contributed by atoms with Gasteiger partial charge in [0.15, 0.2) is 0 Å². The minimum Gasteiger partial charge on any atom is -0.497 e. The van der Waals surface area contributed by atoms with Gasteiger partial charge in [-0.05, 0) is 64.8 Å². The molecule has 0 N–H and O–H groups in total. The van der Waals surface area contributed by atoms with Gasteiger partial charge in [0.2, 0.25) is 0 Å². The Bertz CT molecular complexity index is 682. The summed E-state index contributed by atoms with van der Waals surface area (Å²) < 4.78 is 6.22. The van der Waals surface area contributed by atoms with Crippen molar-refractivity contribution in [2.75, 3.05) is 13.7 Å². The van der Waals surface area contributed by atoms with Crippen LogP contribution in [-0.4, -0.2) is 24.5 Å². The highest BCUT2D eigenvalue weighted by Crippen LogP contribution is 2.27. The molecule has 1 aliphatic rings. The third-order valence-corrected chi connectivity index (χ3v) is 4.91. The van der Waals surface area contributed by atoms with Gasteiger partial charge >= 0.3 is 0 Å². The van der Waals surface area contributed by atoms with Crippen LogP contribution in [0.1, 0.15) is 27.9 Å². The van der Waals surface area contributed by atoms with Gasteiger partial charge < -0.3 is 9.64 Å². The average molecular weight is 407 g/mol. The van der Waals surface area contributed by atoms with Crippen LogP contribution in [0.15, 0.2) is 42.5 Å². The molecule has 4 heteroatoms. The molecule has 0 saturated carbocycles. The monoisotopic (exact) mass is 407 g/mol. The molecule has 0 atom stereocenters. The second kappa shape index (κ2) is 6.69. The highest BCUT2D eigenvalue weighted by atomic mass is 127. The summed E-state index contributed by atoms with van der Waals surface area (Å²) in [6.07, 6.45) is 1.95. The summed E-state index contributed by atoms with van der Waals surface area (Å²) in [7, 11) is 1.67. The minimum absolute atomic E-state index is 0.176. The van der Waals surface area contributed by atoms with E-state index in [1.165, 1.54) is 5.56 Å². The van der Waals surface area contributed by atoms with Crippen molar-refractivity contribution in [2.45, 2.75) is 19.4 Å². The average Bonchev–Trinajstić information content (AvgIpc) is 2.86. The van der Waals surface area contributed by atoms with Gasteiger partial charge in [-0.1, -0.05) is 24.3 Å². The molecule has 0 radical (unpaired) electrons. The van der Waals surface area contributed by atoms with E-state index in [0.29, 0.717) is 0 Å². The van der Waals surface area contributed by atoms with Crippen LogP contribution >= 0.6 is 22.6 Å². The van der Waals surface area contributed by atoms with Crippen LogP contribution < -0.4 is 4.74 Å². The lowest BCUT2D eigenvalue weighted by Gasteiger charge is -2.15. The van der Waals surface area contributed by atoms with Gasteiger partial charge in [-0.2, -0.15) is 0 Å². The largest absolute Gasteiger partial charge is 0.497 e. The van der Waals surface area contributed by atoms with E-state index >= 15 is 0 Å². The number of nitrogens with zero attached hydrogens (tertiary/aromatic N) is 1. The predicted octanol–water partition coefficient (Wildman–Crippen LogP) is 3.89. The number of benzene rings is 2. The molecule has 0 saturated heterocycles. The smallest absolute Gasteiger partial charge is 0.255 e. The van der Waals surface area contributed by atoms with E-state index in [1.54, 1.807) is 7.11 Å². The van der Waals surface area contributed by atoms with Crippen LogP contribution in [-0.2, 0) is 13.0 Å². The molecule has 0 bridgehead atoms. The maximum absolute atomic E-state index is 12.4. The number of hydrogen-bond donors (Lipinski definition) is 0. The van der Waals surface area contributed by atoms with Gasteiger partial charge in [-0.25, -0.2) is 0 Å². The number of hydrogen-bond acceptors (Lipinski definition) is 2. The molecule has 22 heavy (non-hydrogen) atoms. The Morgan fingerprint density at radius 2 is 1.95 bits per heavy atom. The van der Waals surface area contributed by atoms with Crippen molar-refractivity contribution < 1.29 is 9.53 Å². The third-order valence-electron chi connectivity index (χ3n) is 4.01. The normalized spacial score (nSPS) is 13.4. The van der Waals surface area contributed by atoms with E-state index in [1.807, 2.05) is 29.2 Å². The summed E-state index contributed by atoms with van der Waals surface area (Å²) >= 11 is 2.25. The molecule has 0 aliphatic carbocycles.